The van der Waals surface area contributed by atoms with Crippen LogP contribution in [0.25, 0.3) is 0 Å². The second-order valence-corrected chi connectivity index (χ2v) is 5.46. The molecule has 0 bridgehead atoms. The molecule has 5 nitrogen and oxygen atoms in total. The number of ether oxygens (including phenoxy) is 1. The van der Waals surface area contributed by atoms with E-state index in [0.717, 1.165) is 30.8 Å². The van der Waals surface area contributed by atoms with Crippen molar-refractivity contribution in [3.05, 3.63) is 24.3 Å². The van der Waals surface area contributed by atoms with Crippen LogP contribution in [0.2, 0.25) is 0 Å². The van der Waals surface area contributed by atoms with Crippen molar-refractivity contribution < 1.29 is 9.53 Å². The van der Waals surface area contributed by atoms with Gasteiger partial charge in [-0.3, -0.25) is 4.79 Å². The number of rotatable bonds is 2. The molecule has 0 aliphatic carbocycles. The number of fused-ring (bicyclic) bond motifs is 1. The lowest BCUT2D eigenvalue weighted by atomic mass is 10.1. The van der Waals surface area contributed by atoms with Crippen molar-refractivity contribution in [2.45, 2.75) is 25.0 Å². The Morgan fingerprint density at radius 1 is 1.30 bits per heavy atom. The summed E-state index contributed by atoms with van der Waals surface area (Å²) in [5.41, 5.74) is 7.69. The number of anilines is 2. The summed E-state index contributed by atoms with van der Waals surface area (Å²) >= 11 is 0. The van der Waals surface area contributed by atoms with Crippen LogP contribution in [0, 0.1) is 0 Å². The molecule has 1 amide bonds. The number of para-hydroxylation sites is 2. The molecular weight excluding hydrogens is 254 g/mol. The van der Waals surface area contributed by atoms with Gasteiger partial charge >= 0.3 is 0 Å². The lowest BCUT2D eigenvalue weighted by Gasteiger charge is -2.36. The molecule has 20 heavy (non-hydrogen) atoms. The van der Waals surface area contributed by atoms with Crippen molar-refractivity contribution in [3.63, 3.8) is 0 Å². The molecule has 1 aromatic rings. The Hall–Kier alpha value is -1.59. The Labute approximate surface area is 119 Å². The SMILES string of the molecule is CN1CCN(C(=O)C2CCC(CN)O2)c2ccccc21. The maximum Gasteiger partial charge on any atom is 0.256 e. The van der Waals surface area contributed by atoms with Crippen molar-refractivity contribution in [2.75, 3.05) is 36.5 Å². The first kappa shape index (κ1) is 13.4. The smallest absolute Gasteiger partial charge is 0.256 e. The lowest BCUT2D eigenvalue weighted by Crippen LogP contribution is -2.47. The Bertz CT molecular complexity index is 506. The number of carbonyl (C=O) groups excluding carboxylic acids is 1. The summed E-state index contributed by atoms with van der Waals surface area (Å²) < 4.78 is 5.74. The van der Waals surface area contributed by atoms with E-state index in [-0.39, 0.29) is 18.1 Å². The van der Waals surface area contributed by atoms with Crippen LogP contribution in [0.15, 0.2) is 24.3 Å². The average Bonchev–Trinajstić information content (AvgIpc) is 2.96. The fraction of sp³-hybridized carbons (Fsp3) is 0.533. The van der Waals surface area contributed by atoms with E-state index in [1.807, 2.05) is 29.2 Å². The number of likely N-dealkylation sites (N-methyl/N-ethyl adjacent to an activating group) is 1. The van der Waals surface area contributed by atoms with E-state index in [1.54, 1.807) is 0 Å². The zero-order valence-electron chi connectivity index (χ0n) is 11.8. The Balaban J connectivity index is 1.81. The molecule has 2 atom stereocenters. The van der Waals surface area contributed by atoms with Gasteiger partial charge in [0.05, 0.1) is 17.5 Å². The largest absolute Gasteiger partial charge is 0.371 e. The highest BCUT2D eigenvalue weighted by atomic mass is 16.5. The molecular formula is C15H21N3O2. The molecule has 2 unspecified atom stereocenters. The minimum atomic E-state index is -0.333. The quantitative estimate of drug-likeness (QED) is 0.874. The van der Waals surface area contributed by atoms with Crippen molar-refractivity contribution in [2.24, 2.45) is 5.73 Å². The summed E-state index contributed by atoms with van der Waals surface area (Å²) in [6.45, 7) is 2.04. The van der Waals surface area contributed by atoms with Gasteiger partial charge in [-0.2, -0.15) is 0 Å². The van der Waals surface area contributed by atoms with Crippen LogP contribution >= 0.6 is 0 Å². The van der Waals surface area contributed by atoms with Gasteiger partial charge < -0.3 is 20.3 Å². The maximum atomic E-state index is 12.7. The Kier molecular flexibility index (Phi) is 3.63. The molecule has 0 spiro atoms. The molecule has 0 aromatic heterocycles. The highest BCUT2D eigenvalue weighted by Crippen LogP contribution is 2.33. The van der Waals surface area contributed by atoms with E-state index in [4.69, 9.17) is 10.5 Å². The molecule has 1 fully saturated rings. The van der Waals surface area contributed by atoms with E-state index < -0.39 is 0 Å². The zero-order chi connectivity index (χ0) is 14.1. The minimum absolute atomic E-state index is 0.0339. The third-order valence-corrected chi connectivity index (χ3v) is 4.15. The van der Waals surface area contributed by atoms with Gasteiger partial charge in [-0.05, 0) is 25.0 Å². The number of amides is 1. The van der Waals surface area contributed by atoms with E-state index in [9.17, 15) is 4.79 Å². The monoisotopic (exact) mass is 275 g/mol. The molecule has 0 radical (unpaired) electrons. The zero-order valence-corrected chi connectivity index (χ0v) is 11.8. The summed E-state index contributed by atoms with van der Waals surface area (Å²) in [6, 6.07) is 8.02. The standard InChI is InChI=1S/C15H21N3O2/c1-17-8-9-18(13-5-3-2-4-12(13)17)15(19)14-7-6-11(10-16)20-14/h2-5,11,14H,6-10,16H2,1H3. The predicted octanol–water partition coefficient (Wildman–Crippen LogP) is 0.976. The number of benzene rings is 1. The molecule has 2 aliphatic heterocycles. The topological polar surface area (TPSA) is 58.8 Å². The highest BCUT2D eigenvalue weighted by Gasteiger charge is 2.35. The molecule has 2 aliphatic rings. The molecule has 5 heteroatoms. The molecule has 2 N–H and O–H groups in total. The molecule has 0 saturated carbocycles. The van der Waals surface area contributed by atoms with Crippen LogP contribution in [0.5, 0.6) is 0 Å². The summed E-state index contributed by atoms with van der Waals surface area (Å²) in [4.78, 5) is 16.7. The van der Waals surface area contributed by atoms with Crippen molar-refractivity contribution in [1.82, 2.24) is 0 Å². The first-order valence-electron chi connectivity index (χ1n) is 7.18. The van der Waals surface area contributed by atoms with Crippen molar-refractivity contribution in [1.29, 1.82) is 0 Å². The van der Waals surface area contributed by atoms with Gasteiger partial charge in [-0.25, -0.2) is 0 Å². The predicted molar refractivity (Wildman–Crippen MR) is 79.0 cm³/mol. The average molecular weight is 275 g/mol. The van der Waals surface area contributed by atoms with E-state index >= 15 is 0 Å². The summed E-state index contributed by atoms with van der Waals surface area (Å²) in [7, 11) is 2.05. The summed E-state index contributed by atoms with van der Waals surface area (Å²) in [5.74, 6) is 0.0708. The fourth-order valence-electron chi connectivity index (χ4n) is 2.97. The highest BCUT2D eigenvalue weighted by molar-refractivity contribution is 6.00. The first-order chi connectivity index (χ1) is 9.70. The summed E-state index contributed by atoms with van der Waals surface area (Å²) in [6.07, 6.45) is 1.35. The number of hydrogen-bond acceptors (Lipinski definition) is 4. The van der Waals surface area contributed by atoms with Crippen LogP contribution in [-0.4, -0.2) is 44.8 Å². The lowest BCUT2D eigenvalue weighted by molar-refractivity contribution is -0.129. The second kappa shape index (κ2) is 5.42. The van der Waals surface area contributed by atoms with Crippen LogP contribution in [0.4, 0.5) is 11.4 Å². The summed E-state index contributed by atoms with van der Waals surface area (Å²) in [5, 5.41) is 0. The van der Waals surface area contributed by atoms with Gasteiger partial charge in [0.15, 0.2) is 0 Å². The van der Waals surface area contributed by atoms with Gasteiger partial charge in [0.2, 0.25) is 0 Å². The normalized spacial score (nSPS) is 25.7. The third-order valence-electron chi connectivity index (χ3n) is 4.15. The van der Waals surface area contributed by atoms with Gasteiger partial charge in [0.25, 0.3) is 5.91 Å². The van der Waals surface area contributed by atoms with Crippen LogP contribution in [0.1, 0.15) is 12.8 Å². The van der Waals surface area contributed by atoms with Crippen LogP contribution < -0.4 is 15.5 Å². The third kappa shape index (κ3) is 2.27. The van der Waals surface area contributed by atoms with E-state index in [2.05, 4.69) is 11.9 Å². The van der Waals surface area contributed by atoms with E-state index in [1.165, 1.54) is 0 Å². The molecule has 108 valence electrons. The molecule has 2 heterocycles. The number of nitrogens with two attached hydrogens (primary N) is 1. The van der Waals surface area contributed by atoms with Crippen molar-refractivity contribution >= 4 is 17.3 Å². The minimum Gasteiger partial charge on any atom is -0.371 e. The van der Waals surface area contributed by atoms with E-state index in [0.29, 0.717) is 13.1 Å². The Morgan fingerprint density at radius 3 is 2.75 bits per heavy atom. The van der Waals surface area contributed by atoms with Gasteiger partial charge in [0, 0.05) is 26.7 Å². The molecule has 1 saturated heterocycles. The number of hydrogen-bond donors (Lipinski definition) is 1. The first-order valence-corrected chi connectivity index (χ1v) is 7.18. The van der Waals surface area contributed by atoms with Crippen molar-refractivity contribution in [3.8, 4) is 0 Å². The van der Waals surface area contributed by atoms with Gasteiger partial charge in [-0.1, -0.05) is 12.1 Å². The second-order valence-electron chi connectivity index (χ2n) is 5.46. The number of carbonyl (C=O) groups is 1. The maximum absolute atomic E-state index is 12.7. The van der Waals surface area contributed by atoms with Gasteiger partial charge in [-0.15, -0.1) is 0 Å². The van der Waals surface area contributed by atoms with Crippen LogP contribution in [0.3, 0.4) is 0 Å². The Morgan fingerprint density at radius 2 is 2.05 bits per heavy atom. The fourth-order valence-corrected chi connectivity index (χ4v) is 2.97. The van der Waals surface area contributed by atoms with Gasteiger partial charge in [0.1, 0.15) is 6.10 Å². The van der Waals surface area contributed by atoms with Crippen LogP contribution in [-0.2, 0) is 9.53 Å². The number of nitrogens with zero attached hydrogens (tertiary/aromatic N) is 2. The molecule has 3 rings (SSSR count). The molecule has 1 aromatic carbocycles.